The molecule has 6 aromatic rings. The number of hydrogen-bond acceptors (Lipinski definition) is 6. The average molecular weight is 1060 g/mol. The van der Waals surface area contributed by atoms with Crippen molar-refractivity contribution in [2.45, 2.75) is 68.7 Å². The number of amides is 6. The SMILES string of the molecule is C#CC#CC#C.CC(=O)Nc1ccc(C)c(Cl)c1.CC(=O)Nc1ccc(C)cc1.CC(=O)Nc1ccc(Cl)cc1.CC(=O)Nc1ccc(F)cc1.CC(=O)Nc1cccc(Cl)c1.CCc1ccc(NC(C)=O)cc1. The van der Waals surface area contributed by atoms with Gasteiger partial charge in [-0.1, -0.05) is 83.7 Å². The van der Waals surface area contributed by atoms with Gasteiger partial charge in [0.25, 0.3) is 0 Å². The third-order valence-electron chi connectivity index (χ3n) is 8.23. The van der Waals surface area contributed by atoms with E-state index in [9.17, 15) is 33.2 Å². The zero-order chi connectivity index (χ0) is 56.0. The maximum Gasteiger partial charge on any atom is 0.221 e. The van der Waals surface area contributed by atoms with Gasteiger partial charge in [-0.15, -0.1) is 12.8 Å². The predicted molar refractivity (Wildman–Crippen MR) is 304 cm³/mol. The van der Waals surface area contributed by atoms with E-state index < -0.39 is 0 Å². The Bertz CT molecular complexity index is 2720. The Morgan fingerprint density at radius 2 is 0.784 bits per heavy atom. The Balaban J connectivity index is 0.000000846. The number of nitrogens with one attached hydrogen (secondary N) is 6. The van der Waals surface area contributed by atoms with Crippen molar-refractivity contribution in [2.24, 2.45) is 0 Å². The Morgan fingerprint density at radius 3 is 1.14 bits per heavy atom. The fourth-order valence-corrected chi connectivity index (χ4v) is 5.55. The second kappa shape index (κ2) is 38.3. The van der Waals surface area contributed by atoms with Crippen LogP contribution in [0.4, 0.5) is 38.5 Å². The maximum atomic E-state index is 12.3. The van der Waals surface area contributed by atoms with Crippen molar-refractivity contribution in [3.63, 3.8) is 0 Å². The molecule has 6 rings (SSSR count). The van der Waals surface area contributed by atoms with E-state index in [1.807, 2.05) is 74.5 Å². The molecule has 0 heterocycles. The van der Waals surface area contributed by atoms with Crippen LogP contribution in [0.3, 0.4) is 0 Å². The molecular weight excluding hydrogens is 1000 g/mol. The number of halogens is 4. The van der Waals surface area contributed by atoms with Crippen LogP contribution < -0.4 is 31.9 Å². The highest BCUT2D eigenvalue weighted by atomic mass is 35.5. The molecular formula is C58H60Cl3FN6O6. The first-order chi connectivity index (χ1) is 35.0. The topological polar surface area (TPSA) is 175 Å². The van der Waals surface area contributed by atoms with Crippen LogP contribution in [0, 0.1) is 56.2 Å². The van der Waals surface area contributed by atoms with Gasteiger partial charge in [-0.05, 0) is 158 Å². The molecule has 6 amide bonds. The standard InChI is InChI=1S/C10H13NO.C9H10ClNO.C9H11NO.2C8H8ClNO.C8H8FNO.C6H2/c1-3-9-4-6-10(7-5-9)11-8(2)12;1-6-3-4-8(5-9(6)10)11-7(2)12;1-7-3-5-9(6-4-7)10-8(2)11;1-6(11)10-8-4-2-7(9)3-5-8;1-6(11)10-8-4-2-3-7(9)5-8;1-6(11)10-8-4-2-7(9)3-5-8;1-3-5-6-4-2/h4-7H,3H2,1-2H3,(H,11,12);3-5H,1-2H3,(H,11,12);3-6H,1-2H3,(H,10,11);3*2-5H,1H3,(H,10,11);1-2H. The highest BCUT2D eigenvalue weighted by Crippen LogP contribution is 2.20. The Morgan fingerprint density at radius 1 is 0.446 bits per heavy atom. The monoisotopic (exact) mass is 1060 g/mol. The van der Waals surface area contributed by atoms with Crippen LogP contribution in [-0.2, 0) is 35.2 Å². The zero-order valence-corrected chi connectivity index (χ0v) is 44.9. The van der Waals surface area contributed by atoms with Gasteiger partial charge in [-0.25, -0.2) is 4.39 Å². The van der Waals surface area contributed by atoms with Gasteiger partial charge < -0.3 is 31.9 Å². The largest absolute Gasteiger partial charge is 0.326 e. The quantitative estimate of drug-likeness (QED) is 0.0868. The lowest BCUT2D eigenvalue weighted by atomic mass is 10.1. The van der Waals surface area contributed by atoms with Crippen LogP contribution >= 0.6 is 34.8 Å². The second-order valence-electron chi connectivity index (χ2n) is 15.0. The fourth-order valence-electron chi connectivity index (χ4n) is 5.06. The number of carbonyl (C=O) groups is 6. The number of carbonyl (C=O) groups excluding carboxylic acids is 6. The summed E-state index contributed by atoms with van der Waals surface area (Å²) < 4.78 is 12.3. The van der Waals surface area contributed by atoms with Crippen LogP contribution in [0.2, 0.25) is 15.1 Å². The summed E-state index contributed by atoms with van der Waals surface area (Å²) in [6, 6.07) is 40.6. The number of terminal acetylenes is 2. The summed E-state index contributed by atoms with van der Waals surface area (Å²) in [7, 11) is 0. The predicted octanol–water partition coefficient (Wildman–Crippen LogP) is 13.4. The average Bonchev–Trinajstić information content (AvgIpc) is 3.32. The third kappa shape index (κ3) is 35.7. The van der Waals surface area contributed by atoms with Crippen molar-refractivity contribution < 1.29 is 33.2 Å². The molecule has 0 aliphatic carbocycles. The van der Waals surface area contributed by atoms with Crippen molar-refractivity contribution in [2.75, 3.05) is 31.9 Å². The van der Waals surface area contributed by atoms with Gasteiger partial charge in [0.05, 0.1) is 0 Å². The first kappa shape index (κ1) is 65.6. The molecule has 16 heteroatoms. The molecule has 0 aliphatic heterocycles. The smallest absolute Gasteiger partial charge is 0.221 e. The Kier molecular flexibility index (Phi) is 34.0. The molecule has 0 saturated carbocycles. The van der Waals surface area contributed by atoms with E-state index in [4.69, 9.17) is 47.6 Å². The lowest BCUT2D eigenvalue weighted by Gasteiger charge is -2.03. The minimum absolute atomic E-state index is 0.0285. The van der Waals surface area contributed by atoms with Crippen molar-refractivity contribution in [3.05, 3.63) is 177 Å². The first-order valence-corrected chi connectivity index (χ1v) is 23.3. The highest BCUT2D eigenvalue weighted by Gasteiger charge is 2.00. The van der Waals surface area contributed by atoms with Crippen LogP contribution in [0.15, 0.2) is 140 Å². The van der Waals surface area contributed by atoms with Gasteiger partial charge in [-0.2, -0.15) is 0 Å². The molecule has 12 nitrogen and oxygen atoms in total. The maximum absolute atomic E-state index is 12.3. The van der Waals surface area contributed by atoms with Crippen molar-refractivity contribution in [3.8, 4) is 36.5 Å². The lowest BCUT2D eigenvalue weighted by molar-refractivity contribution is -0.115. The Labute approximate surface area is 449 Å². The minimum atomic E-state index is -0.306. The van der Waals surface area contributed by atoms with Gasteiger partial charge in [0.2, 0.25) is 35.4 Å². The normalized spacial score (nSPS) is 8.85. The second-order valence-corrected chi connectivity index (χ2v) is 16.3. The minimum Gasteiger partial charge on any atom is -0.326 e. The summed E-state index contributed by atoms with van der Waals surface area (Å²) in [4.78, 5) is 63.5. The van der Waals surface area contributed by atoms with Gasteiger partial charge in [0.15, 0.2) is 0 Å². The molecule has 0 atom stereocenters. The number of anilines is 6. The van der Waals surface area contributed by atoms with Crippen molar-refractivity contribution in [1.29, 1.82) is 0 Å². The molecule has 6 N–H and O–H groups in total. The number of aryl methyl sites for hydroxylation is 3. The molecule has 74 heavy (non-hydrogen) atoms. The van der Waals surface area contributed by atoms with Gasteiger partial charge in [-0.3, -0.25) is 28.8 Å². The van der Waals surface area contributed by atoms with E-state index >= 15 is 0 Å². The molecule has 386 valence electrons. The van der Waals surface area contributed by atoms with Gasteiger partial charge in [0, 0.05) is 90.7 Å². The van der Waals surface area contributed by atoms with Crippen LogP contribution in [-0.4, -0.2) is 35.4 Å². The van der Waals surface area contributed by atoms with Gasteiger partial charge >= 0.3 is 0 Å². The molecule has 0 saturated heterocycles. The zero-order valence-electron chi connectivity index (χ0n) is 42.6. The molecule has 0 aliphatic rings. The fraction of sp³-hybridized carbons (Fsp3) is 0.172. The van der Waals surface area contributed by atoms with Crippen molar-refractivity contribution >= 4 is 104 Å². The van der Waals surface area contributed by atoms with Crippen LogP contribution in [0.25, 0.3) is 0 Å². The van der Waals surface area contributed by atoms with E-state index in [2.05, 4.69) is 62.5 Å². The van der Waals surface area contributed by atoms with E-state index in [1.54, 1.807) is 54.6 Å². The summed E-state index contributed by atoms with van der Waals surface area (Å²) >= 11 is 17.2. The van der Waals surface area contributed by atoms with Crippen molar-refractivity contribution in [1.82, 2.24) is 0 Å². The lowest BCUT2D eigenvalue weighted by Crippen LogP contribution is -2.05. The molecule has 0 fully saturated rings. The summed E-state index contributed by atoms with van der Waals surface area (Å²) in [5.41, 5.74) is 8.03. The highest BCUT2D eigenvalue weighted by molar-refractivity contribution is 6.32. The molecule has 0 spiro atoms. The van der Waals surface area contributed by atoms with Crippen LogP contribution in [0.1, 0.15) is 65.2 Å². The van der Waals surface area contributed by atoms with Crippen LogP contribution in [0.5, 0.6) is 0 Å². The summed E-state index contributed by atoms with van der Waals surface area (Å²) in [5.74, 6) is 7.83. The molecule has 6 aromatic carbocycles. The van der Waals surface area contributed by atoms with Gasteiger partial charge in [0.1, 0.15) is 5.82 Å². The van der Waals surface area contributed by atoms with E-state index in [-0.39, 0.29) is 41.3 Å². The van der Waals surface area contributed by atoms with E-state index in [0.717, 1.165) is 40.4 Å². The summed E-state index contributed by atoms with van der Waals surface area (Å²) in [6.07, 6.45) is 10.4. The number of hydrogen-bond donors (Lipinski definition) is 6. The van der Waals surface area contributed by atoms with E-state index in [1.165, 1.54) is 76.9 Å². The first-order valence-electron chi connectivity index (χ1n) is 22.2. The summed E-state index contributed by atoms with van der Waals surface area (Å²) in [5, 5.41) is 17.8. The molecule has 0 unspecified atom stereocenters. The molecule has 0 bridgehead atoms. The Hall–Kier alpha value is -8.38. The number of rotatable bonds is 7. The number of benzene rings is 6. The third-order valence-corrected chi connectivity index (χ3v) is 9.12. The molecule has 0 aromatic heterocycles. The molecule has 0 radical (unpaired) electrons. The van der Waals surface area contributed by atoms with E-state index in [0.29, 0.717) is 20.8 Å². The summed E-state index contributed by atoms with van der Waals surface area (Å²) in [6.45, 7) is 14.8.